The Bertz CT molecular complexity index is 919. The number of nitrogens with zero attached hydrogens (tertiary/aromatic N) is 2. The van der Waals surface area contributed by atoms with Crippen molar-refractivity contribution in [2.75, 3.05) is 26.3 Å². The minimum absolute atomic E-state index is 0.130. The van der Waals surface area contributed by atoms with Crippen molar-refractivity contribution in [3.05, 3.63) is 83.4 Å². The van der Waals surface area contributed by atoms with Gasteiger partial charge in [-0.3, -0.25) is 4.90 Å². The molecule has 1 heterocycles. The zero-order valence-electron chi connectivity index (χ0n) is 17.6. The third-order valence-corrected chi connectivity index (χ3v) is 5.07. The van der Waals surface area contributed by atoms with E-state index in [0.29, 0.717) is 25.1 Å². The number of oxime groups is 1. The van der Waals surface area contributed by atoms with E-state index in [2.05, 4.69) is 11.7 Å². The van der Waals surface area contributed by atoms with Gasteiger partial charge in [0.1, 0.15) is 17.7 Å². The predicted molar refractivity (Wildman–Crippen MR) is 116 cm³/mol. The fourth-order valence-corrected chi connectivity index (χ4v) is 3.60. The van der Waals surface area contributed by atoms with Crippen LogP contribution in [0, 0.1) is 18.6 Å². The molecule has 5 nitrogen and oxygen atoms in total. The van der Waals surface area contributed by atoms with E-state index in [9.17, 15) is 13.9 Å². The third kappa shape index (κ3) is 6.69. The minimum Gasteiger partial charge on any atom is -0.390 e. The zero-order valence-corrected chi connectivity index (χ0v) is 17.6. The molecule has 3 rings (SSSR count). The SMILES string of the molecule is C=CCOC[C@@H](O)CN(Cc1ccc(F)cc1F)C[C@H]1CC(c2ccccc2C)=NO1. The van der Waals surface area contributed by atoms with Crippen LogP contribution in [0.1, 0.15) is 23.1 Å². The Balaban J connectivity index is 1.66. The summed E-state index contributed by atoms with van der Waals surface area (Å²) in [7, 11) is 0. The lowest BCUT2D eigenvalue weighted by atomic mass is 10.00. The number of aliphatic hydroxyl groups excluding tert-OH is 1. The monoisotopic (exact) mass is 430 g/mol. The summed E-state index contributed by atoms with van der Waals surface area (Å²) in [5, 5.41) is 14.6. The Morgan fingerprint density at radius 2 is 2.13 bits per heavy atom. The van der Waals surface area contributed by atoms with E-state index in [1.165, 1.54) is 12.1 Å². The standard InChI is InChI=1S/C24H28F2N2O3/c1-3-10-30-16-20(29)14-28(13-18-8-9-19(25)11-23(18)26)15-21-12-24(27-31-21)22-7-5-4-6-17(22)2/h3-9,11,20-21,29H,1,10,12-16H2,2H3/t20-,21+/m0/s1. The summed E-state index contributed by atoms with van der Waals surface area (Å²) in [5.74, 6) is -1.24. The lowest BCUT2D eigenvalue weighted by Crippen LogP contribution is -2.39. The molecule has 1 N–H and O–H groups in total. The van der Waals surface area contributed by atoms with Crippen LogP contribution in [0.5, 0.6) is 0 Å². The van der Waals surface area contributed by atoms with E-state index in [4.69, 9.17) is 9.57 Å². The second-order valence-corrected chi connectivity index (χ2v) is 7.69. The number of ether oxygens (including phenoxy) is 1. The molecule has 0 aromatic heterocycles. The molecule has 7 heteroatoms. The maximum absolute atomic E-state index is 14.2. The van der Waals surface area contributed by atoms with Crippen molar-refractivity contribution in [2.24, 2.45) is 5.16 Å². The fraction of sp³-hybridized carbons (Fsp3) is 0.375. The second-order valence-electron chi connectivity index (χ2n) is 7.69. The molecule has 1 aliphatic rings. The van der Waals surface area contributed by atoms with Crippen LogP contribution in [0.25, 0.3) is 0 Å². The molecule has 1 aliphatic heterocycles. The maximum atomic E-state index is 14.2. The van der Waals surface area contributed by atoms with Crippen LogP contribution in [-0.2, 0) is 16.1 Å². The van der Waals surface area contributed by atoms with E-state index in [1.807, 2.05) is 36.1 Å². The molecule has 0 saturated carbocycles. The lowest BCUT2D eigenvalue weighted by Gasteiger charge is -2.27. The van der Waals surface area contributed by atoms with E-state index in [0.717, 1.165) is 22.9 Å². The first-order valence-corrected chi connectivity index (χ1v) is 10.3. The van der Waals surface area contributed by atoms with Crippen LogP contribution in [0.15, 0.2) is 60.3 Å². The van der Waals surface area contributed by atoms with Gasteiger partial charge in [-0.2, -0.15) is 0 Å². The number of rotatable bonds is 11. The molecule has 31 heavy (non-hydrogen) atoms. The zero-order chi connectivity index (χ0) is 22.2. The van der Waals surface area contributed by atoms with Gasteiger partial charge < -0.3 is 14.7 Å². The van der Waals surface area contributed by atoms with Crippen molar-refractivity contribution in [3.63, 3.8) is 0 Å². The van der Waals surface area contributed by atoms with Crippen molar-refractivity contribution in [2.45, 2.75) is 32.1 Å². The molecule has 0 amide bonds. The first kappa shape index (κ1) is 23.1. The number of hydrogen-bond donors (Lipinski definition) is 1. The van der Waals surface area contributed by atoms with Gasteiger partial charge in [0.25, 0.3) is 0 Å². The Morgan fingerprint density at radius 3 is 2.87 bits per heavy atom. The quantitative estimate of drug-likeness (QED) is 0.435. The van der Waals surface area contributed by atoms with Gasteiger partial charge in [-0.05, 0) is 18.6 Å². The number of aliphatic hydroxyl groups is 1. The molecule has 0 unspecified atom stereocenters. The van der Waals surface area contributed by atoms with Crippen molar-refractivity contribution < 1.29 is 23.5 Å². The topological polar surface area (TPSA) is 54.3 Å². The van der Waals surface area contributed by atoms with Gasteiger partial charge in [-0.25, -0.2) is 8.78 Å². The molecule has 2 aromatic rings. The number of halogens is 2. The molecule has 0 aliphatic carbocycles. The third-order valence-electron chi connectivity index (χ3n) is 5.07. The average Bonchev–Trinajstić information content (AvgIpc) is 3.18. The van der Waals surface area contributed by atoms with Crippen LogP contribution < -0.4 is 0 Å². The highest BCUT2D eigenvalue weighted by Gasteiger charge is 2.26. The van der Waals surface area contributed by atoms with Crippen LogP contribution in [0.4, 0.5) is 8.78 Å². The van der Waals surface area contributed by atoms with Crippen LogP contribution in [-0.4, -0.2) is 54.2 Å². The molecule has 0 saturated heterocycles. The second kappa shape index (κ2) is 11.1. The predicted octanol–water partition coefficient (Wildman–Crippen LogP) is 3.83. The van der Waals surface area contributed by atoms with Gasteiger partial charge >= 0.3 is 0 Å². The highest BCUT2D eigenvalue weighted by atomic mass is 19.1. The molecule has 0 radical (unpaired) electrons. The number of aryl methyl sites for hydroxylation is 1. The number of hydrogen-bond acceptors (Lipinski definition) is 5. The van der Waals surface area contributed by atoms with E-state index in [1.54, 1.807) is 6.08 Å². The van der Waals surface area contributed by atoms with Crippen LogP contribution in [0.2, 0.25) is 0 Å². The molecular weight excluding hydrogens is 402 g/mol. The minimum atomic E-state index is -0.776. The molecule has 2 aromatic carbocycles. The maximum Gasteiger partial charge on any atom is 0.145 e. The van der Waals surface area contributed by atoms with Crippen LogP contribution in [0.3, 0.4) is 0 Å². The summed E-state index contributed by atoms with van der Waals surface area (Å²) in [5.41, 5.74) is 3.37. The average molecular weight is 430 g/mol. The smallest absolute Gasteiger partial charge is 0.145 e. The molecule has 0 fully saturated rings. The summed E-state index contributed by atoms with van der Waals surface area (Å²) in [6.07, 6.45) is 1.20. The van der Waals surface area contributed by atoms with Gasteiger partial charge in [-0.15, -0.1) is 6.58 Å². The normalized spacial score (nSPS) is 16.8. The van der Waals surface area contributed by atoms with E-state index < -0.39 is 17.7 Å². The lowest BCUT2D eigenvalue weighted by molar-refractivity contribution is 0.00309. The van der Waals surface area contributed by atoms with Crippen molar-refractivity contribution in [1.82, 2.24) is 4.90 Å². The summed E-state index contributed by atoms with van der Waals surface area (Å²) < 4.78 is 32.8. The molecule has 0 bridgehead atoms. The van der Waals surface area contributed by atoms with Gasteiger partial charge in [0.2, 0.25) is 0 Å². The largest absolute Gasteiger partial charge is 0.390 e. The molecular formula is C24H28F2N2O3. The van der Waals surface area contributed by atoms with Crippen molar-refractivity contribution in [3.8, 4) is 0 Å². The number of benzene rings is 2. The van der Waals surface area contributed by atoms with E-state index >= 15 is 0 Å². The Kier molecular flexibility index (Phi) is 8.28. The highest BCUT2D eigenvalue weighted by Crippen LogP contribution is 2.21. The molecule has 166 valence electrons. The van der Waals surface area contributed by atoms with Crippen molar-refractivity contribution >= 4 is 5.71 Å². The first-order chi connectivity index (χ1) is 15.0. The van der Waals surface area contributed by atoms with Crippen molar-refractivity contribution in [1.29, 1.82) is 0 Å². The molecule has 2 atom stereocenters. The first-order valence-electron chi connectivity index (χ1n) is 10.3. The van der Waals surface area contributed by atoms with Gasteiger partial charge in [0.15, 0.2) is 0 Å². The summed E-state index contributed by atoms with van der Waals surface area (Å²) in [4.78, 5) is 7.51. The Morgan fingerprint density at radius 1 is 1.32 bits per heavy atom. The Hall–Kier alpha value is -2.61. The van der Waals surface area contributed by atoms with Gasteiger partial charge in [0.05, 0.1) is 25.0 Å². The summed E-state index contributed by atoms with van der Waals surface area (Å²) in [6, 6.07) is 11.5. The van der Waals surface area contributed by atoms with Crippen LogP contribution >= 0.6 is 0 Å². The van der Waals surface area contributed by atoms with Gasteiger partial charge in [-0.1, -0.05) is 41.6 Å². The molecule has 0 spiro atoms. The fourth-order valence-electron chi connectivity index (χ4n) is 3.60. The highest BCUT2D eigenvalue weighted by molar-refractivity contribution is 6.02. The summed E-state index contributed by atoms with van der Waals surface area (Å²) in [6.45, 7) is 6.93. The Labute approximate surface area is 181 Å². The summed E-state index contributed by atoms with van der Waals surface area (Å²) >= 11 is 0. The van der Waals surface area contributed by atoms with Gasteiger partial charge in [0, 0.05) is 43.2 Å². The van der Waals surface area contributed by atoms with E-state index in [-0.39, 0.29) is 25.8 Å².